The van der Waals surface area contributed by atoms with Crippen LogP contribution >= 0.6 is 15.9 Å². The third-order valence-electron chi connectivity index (χ3n) is 3.74. The van der Waals surface area contributed by atoms with Gasteiger partial charge >= 0.3 is 0 Å². The van der Waals surface area contributed by atoms with E-state index in [-0.39, 0.29) is 12.6 Å². The summed E-state index contributed by atoms with van der Waals surface area (Å²) in [5.41, 5.74) is 1.93. The van der Waals surface area contributed by atoms with Gasteiger partial charge in [-0.2, -0.15) is 5.10 Å². The molecular weight excluding hydrogens is 358 g/mol. The highest BCUT2D eigenvalue weighted by atomic mass is 79.9. The van der Waals surface area contributed by atoms with Crippen molar-refractivity contribution >= 4 is 32.8 Å². The molecule has 1 aromatic carbocycles. The van der Waals surface area contributed by atoms with Crippen LogP contribution in [-0.2, 0) is 7.05 Å². The summed E-state index contributed by atoms with van der Waals surface area (Å²) < 4.78 is 2.43. The Kier molecular flexibility index (Phi) is 4.88. The van der Waals surface area contributed by atoms with E-state index in [1.807, 2.05) is 25.2 Å². The topological polar surface area (TPSA) is 75.9 Å². The van der Waals surface area contributed by atoms with Crippen LogP contribution in [0.4, 0.5) is 5.82 Å². The van der Waals surface area contributed by atoms with Gasteiger partial charge in [0.1, 0.15) is 16.7 Å². The number of aliphatic hydroxyl groups excluding tert-OH is 1. The average Bonchev–Trinajstić information content (AvgIpc) is 2.87. The molecule has 0 aliphatic carbocycles. The number of aromatic nitrogens is 4. The van der Waals surface area contributed by atoms with Crippen molar-refractivity contribution in [3.05, 3.63) is 46.8 Å². The third kappa shape index (κ3) is 3.35. The Hall–Kier alpha value is -1.99. The lowest BCUT2D eigenvalue weighted by Crippen LogP contribution is -2.13. The molecule has 0 saturated heterocycles. The number of halogens is 1. The van der Waals surface area contributed by atoms with E-state index in [4.69, 9.17) is 0 Å². The number of nitrogens with zero attached hydrogens (tertiary/aromatic N) is 4. The summed E-state index contributed by atoms with van der Waals surface area (Å²) in [5, 5.41) is 17.9. The van der Waals surface area contributed by atoms with Crippen LogP contribution in [0.15, 0.2) is 41.3 Å². The minimum Gasteiger partial charge on any atom is -0.396 e. The second-order valence-electron chi connectivity index (χ2n) is 5.31. The highest BCUT2D eigenvalue weighted by Gasteiger charge is 2.17. The predicted molar refractivity (Wildman–Crippen MR) is 93.1 cm³/mol. The maximum Gasteiger partial charge on any atom is 0.164 e. The summed E-state index contributed by atoms with van der Waals surface area (Å²) >= 11 is 3.48. The summed E-state index contributed by atoms with van der Waals surface area (Å²) in [7, 11) is 1.85. The minimum absolute atomic E-state index is 0.0635. The first-order chi connectivity index (χ1) is 11.2. The summed E-state index contributed by atoms with van der Waals surface area (Å²) in [6.07, 6.45) is 3.06. The van der Waals surface area contributed by atoms with Crippen molar-refractivity contribution in [2.24, 2.45) is 7.05 Å². The number of fused-ring (bicyclic) bond motifs is 1. The van der Waals surface area contributed by atoms with E-state index >= 15 is 0 Å². The molecule has 120 valence electrons. The lowest BCUT2D eigenvalue weighted by Gasteiger charge is -2.20. The molecule has 0 spiro atoms. The Morgan fingerprint density at radius 1 is 1.26 bits per heavy atom. The van der Waals surface area contributed by atoms with Crippen molar-refractivity contribution in [3.63, 3.8) is 0 Å². The van der Waals surface area contributed by atoms with E-state index < -0.39 is 0 Å². The van der Waals surface area contributed by atoms with Gasteiger partial charge in [-0.3, -0.25) is 0 Å². The molecule has 0 aliphatic rings. The maximum absolute atomic E-state index is 9.17. The second-order valence-corrected chi connectivity index (χ2v) is 6.06. The van der Waals surface area contributed by atoms with Crippen molar-refractivity contribution in [2.45, 2.75) is 18.9 Å². The molecular formula is C16H18BrN5O. The molecule has 3 rings (SSSR count). The third-order valence-corrected chi connectivity index (χ3v) is 4.30. The van der Waals surface area contributed by atoms with Crippen LogP contribution in [-0.4, -0.2) is 31.5 Å². The zero-order valence-corrected chi connectivity index (χ0v) is 14.4. The summed E-state index contributed by atoms with van der Waals surface area (Å²) in [6, 6.07) is 10.2. The Labute approximate surface area is 142 Å². The molecule has 0 saturated carbocycles. The van der Waals surface area contributed by atoms with Gasteiger partial charge in [0.05, 0.1) is 11.4 Å². The van der Waals surface area contributed by atoms with Crippen molar-refractivity contribution in [3.8, 4) is 0 Å². The lowest BCUT2D eigenvalue weighted by atomic mass is 10.0. The molecule has 0 aliphatic heterocycles. The maximum atomic E-state index is 9.17. The number of anilines is 1. The average molecular weight is 376 g/mol. The number of rotatable bonds is 6. The van der Waals surface area contributed by atoms with E-state index in [2.05, 4.69) is 48.4 Å². The second kappa shape index (κ2) is 7.06. The molecule has 0 bridgehead atoms. The smallest absolute Gasteiger partial charge is 0.164 e. The van der Waals surface area contributed by atoms with Gasteiger partial charge in [-0.25, -0.2) is 14.6 Å². The standard InChI is InChI=1S/C16H18BrN5O/c1-22-16-13(14(17)21-22)15(18-10-19-16)20-12(8-5-9-23)11-6-3-2-4-7-11/h2-4,6-7,10,12,23H,5,8-9H2,1H3,(H,18,19,20). The van der Waals surface area contributed by atoms with E-state index in [1.165, 1.54) is 6.33 Å². The van der Waals surface area contributed by atoms with Crippen LogP contribution in [0.25, 0.3) is 11.0 Å². The summed E-state index contributed by atoms with van der Waals surface area (Å²) in [5.74, 6) is 0.738. The Morgan fingerprint density at radius 2 is 2.04 bits per heavy atom. The van der Waals surface area contributed by atoms with Gasteiger partial charge < -0.3 is 10.4 Å². The molecule has 23 heavy (non-hydrogen) atoms. The Morgan fingerprint density at radius 3 is 2.78 bits per heavy atom. The minimum atomic E-state index is 0.0635. The van der Waals surface area contributed by atoms with E-state index in [9.17, 15) is 5.11 Å². The van der Waals surface area contributed by atoms with E-state index in [0.29, 0.717) is 4.60 Å². The molecule has 3 aromatic rings. The van der Waals surface area contributed by atoms with Crippen LogP contribution in [0.2, 0.25) is 0 Å². The van der Waals surface area contributed by atoms with Gasteiger partial charge in [-0.05, 0) is 34.3 Å². The fourth-order valence-electron chi connectivity index (χ4n) is 2.62. The normalized spacial score (nSPS) is 12.5. The van der Waals surface area contributed by atoms with Gasteiger partial charge in [0, 0.05) is 13.7 Å². The highest BCUT2D eigenvalue weighted by Crippen LogP contribution is 2.30. The van der Waals surface area contributed by atoms with Crippen molar-refractivity contribution in [1.82, 2.24) is 19.7 Å². The fourth-order valence-corrected chi connectivity index (χ4v) is 3.22. The van der Waals surface area contributed by atoms with Gasteiger partial charge in [0.15, 0.2) is 5.65 Å². The monoisotopic (exact) mass is 375 g/mol. The number of aliphatic hydroxyl groups is 1. The molecule has 1 unspecified atom stereocenters. The zero-order valence-electron chi connectivity index (χ0n) is 12.8. The van der Waals surface area contributed by atoms with Crippen LogP contribution in [0, 0.1) is 0 Å². The first-order valence-corrected chi connectivity index (χ1v) is 8.25. The molecule has 7 heteroatoms. The molecule has 2 heterocycles. The SMILES string of the molecule is Cn1nc(Br)c2c(NC(CCCO)c3ccccc3)ncnc21. The van der Waals surface area contributed by atoms with Crippen LogP contribution in [0.3, 0.4) is 0 Å². The molecule has 0 amide bonds. The zero-order chi connectivity index (χ0) is 16.2. The molecule has 0 fully saturated rings. The molecule has 2 aromatic heterocycles. The summed E-state index contributed by atoms with van der Waals surface area (Å²) in [6.45, 7) is 0.167. The molecule has 6 nitrogen and oxygen atoms in total. The van der Waals surface area contributed by atoms with Crippen molar-refractivity contribution in [1.29, 1.82) is 0 Å². The van der Waals surface area contributed by atoms with E-state index in [0.717, 1.165) is 35.3 Å². The van der Waals surface area contributed by atoms with Crippen molar-refractivity contribution < 1.29 is 5.11 Å². The molecule has 0 radical (unpaired) electrons. The van der Waals surface area contributed by atoms with Crippen molar-refractivity contribution in [2.75, 3.05) is 11.9 Å². The van der Waals surface area contributed by atoms with Crippen LogP contribution in [0.1, 0.15) is 24.4 Å². The Bertz CT molecular complexity index is 790. The lowest BCUT2D eigenvalue weighted by molar-refractivity contribution is 0.281. The first kappa shape index (κ1) is 15.9. The van der Waals surface area contributed by atoms with Gasteiger partial charge in [-0.15, -0.1) is 0 Å². The molecule has 1 atom stereocenters. The highest BCUT2D eigenvalue weighted by molar-refractivity contribution is 9.10. The largest absolute Gasteiger partial charge is 0.396 e. The van der Waals surface area contributed by atoms with Gasteiger partial charge in [0.2, 0.25) is 0 Å². The van der Waals surface area contributed by atoms with E-state index in [1.54, 1.807) is 4.68 Å². The number of hydrogen-bond donors (Lipinski definition) is 2. The number of aryl methyl sites for hydroxylation is 1. The van der Waals surface area contributed by atoms with Gasteiger partial charge in [0.25, 0.3) is 0 Å². The number of hydrogen-bond acceptors (Lipinski definition) is 5. The number of benzene rings is 1. The predicted octanol–water partition coefficient (Wildman–Crippen LogP) is 3.05. The number of nitrogens with one attached hydrogen (secondary N) is 1. The van der Waals surface area contributed by atoms with Gasteiger partial charge in [-0.1, -0.05) is 30.3 Å². The fraction of sp³-hybridized carbons (Fsp3) is 0.312. The van der Waals surface area contributed by atoms with Crippen LogP contribution < -0.4 is 5.32 Å². The first-order valence-electron chi connectivity index (χ1n) is 7.46. The summed E-state index contributed by atoms with van der Waals surface area (Å²) in [4.78, 5) is 8.67. The Balaban J connectivity index is 1.97. The van der Waals surface area contributed by atoms with Crippen LogP contribution in [0.5, 0.6) is 0 Å². The quantitative estimate of drug-likeness (QED) is 0.692. The molecule has 2 N–H and O–H groups in total.